The third kappa shape index (κ3) is 8.72. The van der Waals surface area contributed by atoms with E-state index in [2.05, 4.69) is 34.7 Å². The zero-order chi connectivity index (χ0) is 40.2. The fourth-order valence-corrected chi connectivity index (χ4v) is 8.69. The van der Waals surface area contributed by atoms with Crippen molar-refractivity contribution in [2.75, 3.05) is 13.1 Å². The fourth-order valence-electron chi connectivity index (χ4n) is 7.71. The number of amides is 3. The average Bonchev–Trinajstić information content (AvgIpc) is 4.07. The highest BCUT2D eigenvalue weighted by atomic mass is 32.1. The van der Waals surface area contributed by atoms with Crippen LogP contribution in [-0.2, 0) is 20.7 Å². The molecule has 11 nitrogen and oxygen atoms in total. The highest BCUT2D eigenvalue weighted by molar-refractivity contribution is 7.10. The third-order valence-corrected chi connectivity index (χ3v) is 11.5. The second-order valence-corrected chi connectivity index (χ2v) is 16.7. The average molecular weight is 795 g/mol. The number of likely N-dealkylation sites (tertiary alicyclic amines) is 2. The smallest absolute Gasteiger partial charge is 0.408 e. The Morgan fingerprint density at radius 1 is 0.776 bits per heavy atom. The lowest BCUT2D eigenvalue weighted by molar-refractivity contribution is -0.134. The molecule has 0 spiro atoms. The van der Waals surface area contributed by atoms with Crippen LogP contribution in [0.15, 0.2) is 119 Å². The number of carbonyl (C=O) groups is 3. The van der Waals surface area contributed by atoms with Gasteiger partial charge in [0.2, 0.25) is 17.6 Å². The molecule has 0 radical (unpaired) electrons. The van der Waals surface area contributed by atoms with Crippen molar-refractivity contribution >= 4 is 29.2 Å². The molecular formula is C46H46N6O5S. The molecule has 6 aromatic rings. The van der Waals surface area contributed by atoms with E-state index in [1.807, 2.05) is 100 Å². The zero-order valence-electron chi connectivity index (χ0n) is 32.8. The van der Waals surface area contributed by atoms with Gasteiger partial charge < -0.3 is 24.4 Å². The lowest BCUT2D eigenvalue weighted by atomic mass is 10.0. The van der Waals surface area contributed by atoms with Gasteiger partial charge in [-0.15, -0.1) is 11.3 Å². The molecule has 3 atom stereocenters. The molecule has 296 valence electrons. The molecule has 2 aliphatic rings. The predicted molar refractivity (Wildman–Crippen MR) is 222 cm³/mol. The predicted octanol–water partition coefficient (Wildman–Crippen LogP) is 9.36. The number of rotatable bonds is 10. The molecule has 3 amide bonds. The summed E-state index contributed by atoms with van der Waals surface area (Å²) in [6.45, 7) is 6.65. The molecule has 12 heteroatoms. The highest BCUT2D eigenvalue weighted by Gasteiger charge is 2.38. The second kappa shape index (κ2) is 16.8. The maximum atomic E-state index is 14.1. The van der Waals surface area contributed by atoms with Crippen LogP contribution in [0.4, 0.5) is 4.79 Å². The summed E-state index contributed by atoms with van der Waals surface area (Å²) in [5.74, 6) is 0.848. The molecule has 0 saturated carbocycles. The quantitative estimate of drug-likeness (QED) is 0.145. The van der Waals surface area contributed by atoms with Crippen LogP contribution in [-0.4, -0.2) is 61.5 Å². The van der Waals surface area contributed by atoms with Gasteiger partial charge >= 0.3 is 6.09 Å². The van der Waals surface area contributed by atoms with Crippen LogP contribution < -0.4 is 5.32 Å². The van der Waals surface area contributed by atoms with Crippen molar-refractivity contribution in [2.24, 2.45) is 0 Å². The molecule has 8 rings (SSSR count). The molecule has 2 aromatic heterocycles. The van der Waals surface area contributed by atoms with E-state index in [0.29, 0.717) is 36.8 Å². The first-order valence-electron chi connectivity index (χ1n) is 19.8. The van der Waals surface area contributed by atoms with Gasteiger partial charge in [0, 0.05) is 29.6 Å². The van der Waals surface area contributed by atoms with E-state index in [-0.39, 0.29) is 23.9 Å². The molecule has 4 heterocycles. The first kappa shape index (κ1) is 38.7. The summed E-state index contributed by atoms with van der Waals surface area (Å²) in [5.41, 5.74) is 5.75. The number of alkyl carbamates (subject to hydrolysis) is 1. The van der Waals surface area contributed by atoms with Crippen LogP contribution in [0, 0.1) is 0 Å². The van der Waals surface area contributed by atoms with E-state index in [9.17, 15) is 14.4 Å². The lowest BCUT2D eigenvalue weighted by Gasteiger charge is -2.29. The van der Waals surface area contributed by atoms with Gasteiger partial charge in [-0.3, -0.25) is 9.59 Å². The Labute approximate surface area is 342 Å². The monoisotopic (exact) mass is 794 g/mol. The first-order valence-corrected chi connectivity index (χ1v) is 20.7. The van der Waals surface area contributed by atoms with Gasteiger partial charge in [0.1, 0.15) is 22.7 Å². The van der Waals surface area contributed by atoms with Crippen LogP contribution in [0.3, 0.4) is 0 Å². The number of hydrogen-bond donors (Lipinski definition) is 1. The number of hydrogen-bond acceptors (Lipinski definition) is 9. The summed E-state index contributed by atoms with van der Waals surface area (Å²) in [6.07, 6.45) is 3.04. The SMILES string of the molecule is CC(C)(C)OC(=O)N[C@@H](C(=O)N1CCC[C@H]1c1nc(-c2ccc(-c3ccc(-c4noc([C@@H]5CCCN5C(=O)Cc5ccccc5)n4)cc3)cc2)cs1)c1ccccc1. The topological polar surface area (TPSA) is 131 Å². The Bertz CT molecular complexity index is 2360. The normalized spacial score (nSPS) is 17.3. The van der Waals surface area contributed by atoms with Crippen molar-refractivity contribution in [1.82, 2.24) is 30.2 Å². The van der Waals surface area contributed by atoms with Crippen molar-refractivity contribution in [1.29, 1.82) is 0 Å². The van der Waals surface area contributed by atoms with E-state index in [0.717, 1.165) is 64.2 Å². The van der Waals surface area contributed by atoms with Gasteiger partial charge in [0.15, 0.2) is 0 Å². The van der Waals surface area contributed by atoms with Crippen LogP contribution in [0.25, 0.3) is 33.8 Å². The van der Waals surface area contributed by atoms with Crippen LogP contribution in [0.2, 0.25) is 0 Å². The van der Waals surface area contributed by atoms with Crippen molar-refractivity contribution < 1.29 is 23.6 Å². The van der Waals surface area contributed by atoms with Crippen LogP contribution in [0.1, 0.15) is 86.6 Å². The van der Waals surface area contributed by atoms with E-state index < -0.39 is 17.7 Å². The summed E-state index contributed by atoms with van der Waals surface area (Å²) in [6, 6.07) is 34.1. The molecule has 1 N–H and O–H groups in total. The minimum Gasteiger partial charge on any atom is -0.444 e. The fraction of sp³-hybridized carbons (Fsp3) is 0.304. The summed E-state index contributed by atoms with van der Waals surface area (Å²) in [5, 5.41) is 10.0. The first-order chi connectivity index (χ1) is 28.1. The Kier molecular flexibility index (Phi) is 11.2. The van der Waals surface area contributed by atoms with Gasteiger partial charge in [-0.05, 0) is 68.7 Å². The summed E-state index contributed by atoms with van der Waals surface area (Å²) in [7, 11) is 0. The number of thiazole rings is 1. The highest BCUT2D eigenvalue weighted by Crippen LogP contribution is 2.38. The Hall–Kier alpha value is -6.14. The molecule has 0 bridgehead atoms. The van der Waals surface area contributed by atoms with Gasteiger partial charge in [-0.1, -0.05) is 114 Å². The van der Waals surface area contributed by atoms with Gasteiger partial charge in [-0.25, -0.2) is 9.78 Å². The standard InChI is InChI=1S/C46H46N6O5S/c1-46(2,3)56-45(55)48-40(34-14-8-5-9-15-34)44(54)52-27-11-17-38(52)43-47-36(29-58-43)33-22-18-31(19-23-33)32-20-24-35(25-21-32)41-49-42(57-50-41)37-16-10-26-51(37)39(53)28-30-12-6-4-7-13-30/h4-9,12-15,18-25,29,37-38,40H,10-11,16-17,26-28H2,1-3H3,(H,48,55)/t37-,38-,40+/m0/s1. The van der Waals surface area contributed by atoms with Crippen molar-refractivity contribution in [2.45, 2.75) is 76.6 Å². The molecule has 2 fully saturated rings. The van der Waals surface area contributed by atoms with Gasteiger partial charge in [0.05, 0.1) is 18.2 Å². The largest absolute Gasteiger partial charge is 0.444 e. The molecule has 2 aliphatic heterocycles. The summed E-state index contributed by atoms with van der Waals surface area (Å²) in [4.78, 5) is 53.6. The van der Waals surface area contributed by atoms with Gasteiger partial charge in [0.25, 0.3) is 5.91 Å². The molecular weight excluding hydrogens is 749 g/mol. The van der Waals surface area contributed by atoms with E-state index >= 15 is 0 Å². The van der Waals surface area contributed by atoms with E-state index in [1.54, 1.807) is 32.1 Å². The molecule has 58 heavy (non-hydrogen) atoms. The Morgan fingerprint density at radius 2 is 1.38 bits per heavy atom. The van der Waals surface area contributed by atoms with E-state index in [4.69, 9.17) is 19.2 Å². The van der Waals surface area contributed by atoms with Crippen LogP contribution in [0.5, 0.6) is 0 Å². The van der Waals surface area contributed by atoms with Crippen molar-refractivity contribution in [3.05, 3.63) is 137 Å². The number of benzene rings is 4. The van der Waals surface area contributed by atoms with Crippen LogP contribution >= 0.6 is 11.3 Å². The number of aromatic nitrogens is 3. The maximum absolute atomic E-state index is 14.1. The summed E-state index contributed by atoms with van der Waals surface area (Å²) >= 11 is 1.55. The molecule has 0 aliphatic carbocycles. The molecule has 4 aromatic carbocycles. The zero-order valence-corrected chi connectivity index (χ0v) is 33.7. The number of ether oxygens (including phenoxy) is 1. The number of nitrogens with one attached hydrogen (secondary N) is 1. The van der Waals surface area contributed by atoms with Crippen molar-refractivity contribution in [3.8, 4) is 33.8 Å². The minimum absolute atomic E-state index is 0.0646. The summed E-state index contributed by atoms with van der Waals surface area (Å²) < 4.78 is 11.2. The molecule has 2 saturated heterocycles. The minimum atomic E-state index is -0.882. The lowest BCUT2D eigenvalue weighted by Crippen LogP contribution is -2.44. The number of nitrogens with zero attached hydrogens (tertiary/aromatic N) is 5. The van der Waals surface area contributed by atoms with Gasteiger partial charge in [-0.2, -0.15) is 4.98 Å². The Balaban J connectivity index is 0.919. The molecule has 0 unspecified atom stereocenters. The van der Waals surface area contributed by atoms with E-state index in [1.165, 1.54) is 0 Å². The number of carbonyl (C=O) groups excluding carboxylic acids is 3. The third-order valence-electron chi connectivity index (χ3n) is 10.5. The van der Waals surface area contributed by atoms with Crippen molar-refractivity contribution in [3.63, 3.8) is 0 Å². The second-order valence-electron chi connectivity index (χ2n) is 15.8. The Morgan fingerprint density at radius 3 is 2.05 bits per heavy atom. The maximum Gasteiger partial charge on any atom is 0.408 e.